The van der Waals surface area contributed by atoms with Crippen LogP contribution in [0.15, 0.2) is 63.4 Å². The first kappa shape index (κ1) is 20.8. The Morgan fingerprint density at radius 3 is 2.79 bits per heavy atom. The topological polar surface area (TPSA) is 56.5 Å². The van der Waals surface area contributed by atoms with E-state index in [1.807, 2.05) is 45.1 Å². The zero-order chi connectivity index (χ0) is 21.2. The number of aldehydes is 1. The minimum absolute atomic E-state index is 0.0459. The van der Waals surface area contributed by atoms with Gasteiger partial charge >= 0.3 is 0 Å². The number of hydrogen-bond acceptors (Lipinski definition) is 4. The maximum atomic E-state index is 13.3. The minimum Gasteiger partial charge on any atom is -0.457 e. The molecule has 0 bridgehead atoms. The second kappa shape index (κ2) is 8.24. The van der Waals surface area contributed by atoms with E-state index in [9.17, 15) is 9.59 Å². The smallest absolute Gasteiger partial charge is 0.293 e. The van der Waals surface area contributed by atoms with Crippen molar-refractivity contribution in [2.24, 2.45) is 0 Å². The predicted octanol–water partition coefficient (Wildman–Crippen LogP) is 5.57. The molecule has 0 unspecified atom stereocenters. The number of carbonyl (C=O) groups excluding carboxylic acids is 1. The SMILES string of the molecule is C=C[C@]1(C)C[C@H](C=C(C)CCC=C(C)C=O)Oc2oc3cccc(C)c3c(=O)c21. The van der Waals surface area contributed by atoms with Gasteiger partial charge in [-0.3, -0.25) is 9.59 Å². The lowest BCUT2D eigenvalue weighted by molar-refractivity contribution is -0.104. The summed E-state index contributed by atoms with van der Waals surface area (Å²) in [6.45, 7) is 11.8. The Kier molecular flexibility index (Phi) is 5.92. The van der Waals surface area contributed by atoms with Crippen molar-refractivity contribution in [3.63, 3.8) is 0 Å². The van der Waals surface area contributed by atoms with Crippen molar-refractivity contribution in [2.75, 3.05) is 0 Å². The van der Waals surface area contributed by atoms with Crippen molar-refractivity contribution < 1.29 is 13.9 Å². The van der Waals surface area contributed by atoms with Crippen molar-refractivity contribution in [3.8, 4) is 5.95 Å². The molecule has 0 aliphatic carbocycles. The Bertz CT molecular complexity index is 1070. The van der Waals surface area contributed by atoms with Crippen LogP contribution in [0.4, 0.5) is 0 Å². The molecule has 0 N–H and O–H groups in total. The van der Waals surface area contributed by atoms with E-state index in [2.05, 4.69) is 12.7 Å². The Balaban J connectivity index is 1.98. The van der Waals surface area contributed by atoms with Crippen LogP contribution in [0.5, 0.6) is 5.95 Å². The Labute approximate surface area is 171 Å². The molecule has 0 spiro atoms. The summed E-state index contributed by atoms with van der Waals surface area (Å²) in [4.78, 5) is 24.0. The highest BCUT2D eigenvalue weighted by Gasteiger charge is 2.40. The molecule has 1 aromatic carbocycles. The van der Waals surface area contributed by atoms with E-state index in [0.29, 0.717) is 23.0 Å². The maximum Gasteiger partial charge on any atom is 0.293 e. The standard InChI is InChI=1S/C25H28O4/c1-6-25(5)14-19(13-16(2)9-7-10-17(3)15-26)28-24-22(25)23(27)21-18(4)11-8-12-20(21)29-24/h6,8,10-13,15,19H,1,7,9,14H2,2-5H3/t19-,25+/m0/s1. The number of carbonyl (C=O) groups is 1. The lowest BCUT2D eigenvalue weighted by Gasteiger charge is -2.35. The first-order valence-corrected chi connectivity index (χ1v) is 9.95. The summed E-state index contributed by atoms with van der Waals surface area (Å²) < 4.78 is 12.1. The summed E-state index contributed by atoms with van der Waals surface area (Å²) in [5.74, 6) is 0.285. The average Bonchev–Trinajstić information content (AvgIpc) is 2.67. The highest BCUT2D eigenvalue weighted by Crippen LogP contribution is 2.42. The van der Waals surface area contributed by atoms with Gasteiger partial charge in [-0.05, 0) is 56.9 Å². The van der Waals surface area contributed by atoms with Crippen LogP contribution in [0.2, 0.25) is 0 Å². The van der Waals surface area contributed by atoms with Gasteiger partial charge in [0.2, 0.25) is 5.43 Å². The molecular weight excluding hydrogens is 364 g/mol. The number of benzene rings is 1. The number of allylic oxidation sites excluding steroid dienone is 4. The molecule has 1 aliphatic rings. The summed E-state index contributed by atoms with van der Waals surface area (Å²) >= 11 is 0. The molecule has 152 valence electrons. The van der Waals surface area contributed by atoms with Crippen LogP contribution in [-0.2, 0) is 10.2 Å². The summed E-state index contributed by atoms with van der Waals surface area (Å²) in [5, 5.41) is 0.602. The van der Waals surface area contributed by atoms with Gasteiger partial charge in [0.1, 0.15) is 18.0 Å². The van der Waals surface area contributed by atoms with Crippen LogP contribution in [-0.4, -0.2) is 12.4 Å². The fourth-order valence-electron chi connectivity index (χ4n) is 3.91. The molecule has 0 radical (unpaired) electrons. The van der Waals surface area contributed by atoms with Gasteiger partial charge in [-0.2, -0.15) is 0 Å². The molecule has 1 aromatic heterocycles. The van der Waals surface area contributed by atoms with Crippen molar-refractivity contribution in [3.05, 3.63) is 75.5 Å². The van der Waals surface area contributed by atoms with E-state index in [0.717, 1.165) is 30.3 Å². The van der Waals surface area contributed by atoms with Gasteiger partial charge in [-0.25, -0.2) is 0 Å². The molecule has 29 heavy (non-hydrogen) atoms. The fraction of sp³-hybridized carbons (Fsp3) is 0.360. The van der Waals surface area contributed by atoms with Gasteiger partial charge in [0.05, 0.1) is 10.9 Å². The Hall–Kier alpha value is -2.88. The second-order valence-corrected chi connectivity index (χ2v) is 8.14. The molecule has 0 fully saturated rings. The van der Waals surface area contributed by atoms with E-state index >= 15 is 0 Å². The van der Waals surface area contributed by atoms with Gasteiger partial charge in [-0.1, -0.05) is 36.8 Å². The van der Waals surface area contributed by atoms with Crippen molar-refractivity contribution in [1.29, 1.82) is 0 Å². The fourth-order valence-corrected chi connectivity index (χ4v) is 3.91. The summed E-state index contributed by atoms with van der Waals surface area (Å²) in [6, 6.07) is 5.58. The molecule has 3 rings (SSSR count). The molecule has 4 heteroatoms. The average molecular weight is 392 g/mol. The second-order valence-electron chi connectivity index (χ2n) is 8.14. The molecule has 0 saturated heterocycles. The van der Waals surface area contributed by atoms with Crippen LogP contribution in [0, 0.1) is 6.92 Å². The van der Waals surface area contributed by atoms with Crippen LogP contribution in [0.25, 0.3) is 11.0 Å². The lowest BCUT2D eigenvalue weighted by Crippen LogP contribution is -2.38. The van der Waals surface area contributed by atoms with Crippen LogP contribution >= 0.6 is 0 Å². The molecule has 1 aliphatic heterocycles. The van der Waals surface area contributed by atoms with Crippen molar-refractivity contribution in [1.82, 2.24) is 0 Å². The van der Waals surface area contributed by atoms with Gasteiger partial charge < -0.3 is 9.15 Å². The Morgan fingerprint density at radius 1 is 1.34 bits per heavy atom. The Morgan fingerprint density at radius 2 is 2.10 bits per heavy atom. The summed E-state index contributed by atoms with van der Waals surface area (Å²) in [7, 11) is 0. The van der Waals surface area contributed by atoms with Gasteiger partial charge in [0.15, 0.2) is 0 Å². The first-order chi connectivity index (χ1) is 13.8. The number of aryl methyl sites for hydroxylation is 1. The molecule has 2 heterocycles. The van der Waals surface area contributed by atoms with E-state index in [-0.39, 0.29) is 17.5 Å². The third-order valence-corrected chi connectivity index (χ3v) is 5.66. The van der Waals surface area contributed by atoms with E-state index in [4.69, 9.17) is 9.15 Å². The van der Waals surface area contributed by atoms with E-state index in [1.54, 1.807) is 13.0 Å². The van der Waals surface area contributed by atoms with Crippen LogP contribution in [0.3, 0.4) is 0 Å². The highest BCUT2D eigenvalue weighted by molar-refractivity contribution is 5.81. The third kappa shape index (κ3) is 4.12. The lowest BCUT2D eigenvalue weighted by atomic mass is 9.76. The monoisotopic (exact) mass is 392 g/mol. The minimum atomic E-state index is -0.542. The van der Waals surface area contributed by atoms with Crippen LogP contribution < -0.4 is 10.2 Å². The molecule has 2 aromatic rings. The molecule has 0 saturated carbocycles. The van der Waals surface area contributed by atoms with Crippen LogP contribution in [0.1, 0.15) is 51.2 Å². The number of rotatable bonds is 6. The summed E-state index contributed by atoms with van der Waals surface area (Å²) in [6.07, 6.45) is 8.74. The largest absolute Gasteiger partial charge is 0.457 e. The van der Waals surface area contributed by atoms with Crippen molar-refractivity contribution in [2.45, 2.75) is 58.5 Å². The number of fused-ring (bicyclic) bond motifs is 2. The van der Waals surface area contributed by atoms with E-state index in [1.165, 1.54) is 5.57 Å². The van der Waals surface area contributed by atoms with E-state index < -0.39 is 5.41 Å². The summed E-state index contributed by atoms with van der Waals surface area (Å²) in [5.41, 5.74) is 3.29. The third-order valence-electron chi connectivity index (χ3n) is 5.66. The number of hydrogen-bond donors (Lipinski definition) is 0. The quantitative estimate of drug-likeness (QED) is 0.366. The maximum absolute atomic E-state index is 13.3. The van der Waals surface area contributed by atoms with Gasteiger partial charge in [0.25, 0.3) is 5.95 Å². The highest BCUT2D eigenvalue weighted by atomic mass is 16.6. The normalized spacial score (nSPS) is 22.1. The zero-order valence-corrected chi connectivity index (χ0v) is 17.6. The van der Waals surface area contributed by atoms with Gasteiger partial charge in [0, 0.05) is 11.8 Å². The molecule has 2 atom stereocenters. The zero-order valence-electron chi connectivity index (χ0n) is 17.6. The molecule has 0 amide bonds. The van der Waals surface area contributed by atoms with Crippen molar-refractivity contribution >= 4 is 17.3 Å². The first-order valence-electron chi connectivity index (χ1n) is 9.95. The van der Waals surface area contributed by atoms with Gasteiger partial charge in [-0.15, -0.1) is 6.58 Å². The molecule has 4 nitrogen and oxygen atoms in total. The predicted molar refractivity (Wildman–Crippen MR) is 117 cm³/mol. The molecular formula is C25H28O4. The number of ether oxygens (including phenoxy) is 1.